The minimum atomic E-state index is 0.0818. The first-order valence-electron chi connectivity index (χ1n) is 9.16. The Bertz CT molecular complexity index is 654. The van der Waals surface area contributed by atoms with Crippen molar-refractivity contribution < 1.29 is 4.52 Å². The fourth-order valence-electron chi connectivity index (χ4n) is 4.23. The highest BCUT2D eigenvalue weighted by molar-refractivity contribution is 5.41. The average Bonchev–Trinajstić information content (AvgIpc) is 2.94. The molecule has 3 rings (SSSR count). The zero-order chi connectivity index (χ0) is 17.5. The quantitative estimate of drug-likeness (QED) is 0.912. The monoisotopic (exact) mass is 329 g/mol. The van der Waals surface area contributed by atoms with E-state index in [4.69, 9.17) is 10.3 Å². The number of likely N-dealkylation sites (tertiary alicyclic amines) is 1. The van der Waals surface area contributed by atoms with Crippen molar-refractivity contribution >= 4 is 0 Å². The number of hydrogen-bond acceptors (Lipinski definition) is 4. The summed E-state index contributed by atoms with van der Waals surface area (Å²) < 4.78 is 5.25. The van der Waals surface area contributed by atoms with Crippen LogP contribution in [0.1, 0.15) is 52.0 Å². The molecule has 2 N–H and O–H groups in total. The lowest BCUT2D eigenvalue weighted by molar-refractivity contribution is 0.0403. The van der Waals surface area contributed by atoms with E-state index in [9.17, 15) is 0 Å². The highest BCUT2D eigenvalue weighted by Gasteiger charge is 2.43. The zero-order valence-corrected chi connectivity index (χ0v) is 15.7. The van der Waals surface area contributed by atoms with Crippen molar-refractivity contribution in [1.82, 2.24) is 10.1 Å². The maximum absolute atomic E-state index is 6.27. The third-order valence-electron chi connectivity index (χ3n) is 5.75. The van der Waals surface area contributed by atoms with Gasteiger partial charge in [0.2, 0.25) is 0 Å². The lowest BCUT2D eigenvalue weighted by Crippen LogP contribution is -2.52. The van der Waals surface area contributed by atoms with Crippen molar-refractivity contribution in [3.05, 3.63) is 40.8 Å². The van der Waals surface area contributed by atoms with Crippen LogP contribution >= 0.6 is 0 Å². The predicted molar refractivity (Wildman–Crippen MR) is 97.4 cm³/mol. The molecule has 1 aliphatic heterocycles. The van der Waals surface area contributed by atoms with Crippen molar-refractivity contribution in [3.63, 3.8) is 0 Å². The molecule has 4 nitrogen and oxygen atoms in total. The highest BCUT2D eigenvalue weighted by atomic mass is 16.5. The third kappa shape index (κ3) is 3.22. The normalized spacial score (nSPS) is 28.1. The number of aryl methyl sites for hydroxylation is 1. The molecule has 1 aliphatic carbocycles. The standard InChI is InChI=1S/C20H31N3O/c1-6-15-10-18-19(11-17(15)14(3)21)23(8-7-20(18,4)5)12-16-9-13(2)24-22-16/h9-11,14,18-19H,6-8,12,21H2,1-5H3. The van der Waals surface area contributed by atoms with Gasteiger partial charge in [0.05, 0.1) is 5.69 Å². The summed E-state index contributed by atoms with van der Waals surface area (Å²) in [5.74, 6) is 1.40. The van der Waals surface area contributed by atoms with E-state index in [1.54, 1.807) is 0 Å². The molecule has 0 amide bonds. The van der Waals surface area contributed by atoms with E-state index in [1.165, 1.54) is 17.6 Å². The number of fused-ring (bicyclic) bond motifs is 1. The van der Waals surface area contributed by atoms with Gasteiger partial charge >= 0.3 is 0 Å². The lowest BCUT2D eigenvalue weighted by atomic mass is 9.65. The topological polar surface area (TPSA) is 55.3 Å². The molecule has 0 spiro atoms. The SMILES string of the molecule is CCC1=CC2C(C=C1C(C)N)N(Cc1cc(C)on1)CCC2(C)C. The maximum Gasteiger partial charge on any atom is 0.133 e. The Hall–Kier alpha value is -1.39. The first-order chi connectivity index (χ1) is 11.3. The van der Waals surface area contributed by atoms with Gasteiger partial charge in [-0.15, -0.1) is 0 Å². The number of aromatic nitrogens is 1. The summed E-state index contributed by atoms with van der Waals surface area (Å²) in [6.07, 6.45) is 7.18. The summed E-state index contributed by atoms with van der Waals surface area (Å²) in [7, 11) is 0. The zero-order valence-electron chi connectivity index (χ0n) is 15.7. The number of nitrogens with two attached hydrogens (primary N) is 1. The molecular weight excluding hydrogens is 298 g/mol. The summed E-state index contributed by atoms with van der Waals surface area (Å²) in [4.78, 5) is 2.54. The van der Waals surface area contributed by atoms with Crippen LogP contribution in [0.25, 0.3) is 0 Å². The van der Waals surface area contributed by atoms with Crippen molar-refractivity contribution in [2.75, 3.05) is 6.54 Å². The molecule has 2 aliphatic rings. The van der Waals surface area contributed by atoms with Gasteiger partial charge in [-0.3, -0.25) is 4.90 Å². The van der Waals surface area contributed by atoms with E-state index in [0.717, 1.165) is 31.0 Å². The van der Waals surface area contributed by atoms with Crippen molar-refractivity contribution in [2.24, 2.45) is 17.1 Å². The summed E-state index contributed by atoms with van der Waals surface area (Å²) in [5, 5.41) is 4.19. The molecule has 3 unspecified atom stereocenters. The van der Waals surface area contributed by atoms with Gasteiger partial charge in [0.15, 0.2) is 0 Å². The van der Waals surface area contributed by atoms with Crippen LogP contribution in [-0.2, 0) is 6.54 Å². The molecule has 1 fully saturated rings. The van der Waals surface area contributed by atoms with Gasteiger partial charge in [0.25, 0.3) is 0 Å². The Morgan fingerprint density at radius 1 is 1.42 bits per heavy atom. The first kappa shape index (κ1) is 17.4. The van der Waals surface area contributed by atoms with Gasteiger partial charge in [0.1, 0.15) is 5.76 Å². The molecule has 132 valence electrons. The van der Waals surface area contributed by atoms with Crippen LogP contribution in [0.5, 0.6) is 0 Å². The molecule has 24 heavy (non-hydrogen) atoms. The third-order valence-corrected chi connectivity index (χ3v) is 5.75. The largest absolute Gasteiger partial charge is 0.361 e. The van der Waals surface area contributed by atoms with Crippen molar-refractivity contribution in [3.8, 4) is 0 Å². The van der Waals surface area contributed by atoms with Gasteiger partial charge in [-0.05, 0) is 49.8 Å². The van der Waals surface area contributed by atoms with E-state index in [1.807, 2.05) is 13.0 Å². The second kappa shape index (κ2) is 6.49. The predicted octanol–water partition coefficient (Wildman–Crippen LogP) is 3.82. The summed E-state index contributed by atoms with van der Waals surface area (Å²) in [6.45, 7) is 13.0. The summed E-state index contributed by atoms with van der Waals surface area (Å²) in [6, 6.07) is 2.52. The lowest BCUT2D eigenvalue weighted by Gasteiger charge is -2.50. The fourth-order valence-corrected chi connectivity index (χ4v) is 4.23. The van der Waals surface area contributed by atoms with Gasteiger partial charge in [-0.2, -0.15) is 0 Å². The van der Waals surface area contributed by atoms with Crippen LogP contribution < -0.4 is 5.73 Å². The number of rotatable bonds is 4. The number of piperidine rings is 1. The Kier molecular flexibility index (Phi) is 4.71. The molecule has 0 bridgehead atoms. The molecule has 0 radical (unpaired) electrons. The van der Waals surface area contributed by atoms with Gasteiger partial charge < -0.3 is 10.3 Å². The van der Waals surface area contributed by atoms with Crippen LogP contribution in [0.2, 0.25) is 0 Å². The smallest absolute Gasteiger partial charge is 0.133 e. The Balaban J connectivity index is 1.92. The van der Waals surface area contributed by atoms with E-state index < -0.39 is 0 Å². The minimum Gasteiger partial charge on any atom is -0.361 e. The van der Waals surface area contributed by atoms with Crippen molar-refractivity contribution in [2.45, 2.75) is 66.1 Å². The molecular formula is C20H31N3O. The van der Waals surface area contributed by atoms with E-state index in [0.29, 0.717) is 17.4 Å². The molecule has 4 heteroatoms. The Morgan fingerprint density at radius 2 is 2.17 bits per heavy atom. The molecule has 2 heterocycles. The van der Waals surface area contributed by atoms with E-state index in [2.05, 4.69) is 49.9 Å². The van der Waals surface area contributed by atoms with Gasteiger partial charge in [-0.1, -0.05) is 38.1 Å². The average molecular weight is 329 g/mol. The van der Waals surface area contributed by atoms with Crippen LogP contribution in [0.3, 0.4) is 0 Å². The minimum absolute atomic E-state index is 0.0818. The van der Waals surface area contributed by atoms with E-state index in [-0.39, 0.29) is 6.04 Å². The fraction of sp³-hybridized carbons (Fsp3) is 0.650. The van der Waals surface area contributed by atoms with Crippen LogP contribution in [0.15, 0.2) is 33.9 Å². The Morgan fingerprint density at radius 3 is 2.75 bits per heavy atom. The van der Waals surface area contributed by atoms with Crippen LogP contribution in [0, 0.1) is 18.3 Å². The molecule has 3 atom stereocenters. The number of hydrogen-bond donors (Lipinski definition) is 1. The van der Waals surface area contributed by atoms with Crippen molar-refractivity contribution in [1.29, 1.82) is 0 Å². The van der Waals surface area contributed by atoms with Crippen LogP contribution in [0.4, 0.5) is 0 Å². The Labute approximate surface area is 145 Å². The second-order valence-corrected chi connectivity index (χ2v) is 8.11. The van der Waals surface area contributed by atoms with Crippen LogP contribution in [-0.4, -0.2) is 28.7 Å². The van der Waals surface area contributed by atoms with Gasteiger partial charge in [0, 0.05) is 30.6 Å². The molecule has 0 aromatic carbocycles. The highest BCUT2D eigenvalue weighted by Crippen LogP contribution is 2.45. The van der Waals surface area contributed by atoms with Gasteiger partial charge in [-0.25, -0.2) is 0 Å². The molecule has 0 saturated carbocycles. The number of nitrogens with zero attached hydrogens (tertiary/aromatic N) is 2. The summed E-state index contributed by atoms with van der Waals surface area (Å²) >= 11 is 0. The van der Waals surface area contributed by atoms with E-state index >= 15 is 0 Å². The maximum atomic E-state index is 6.27. The summed E-state index contributed by atoms with van der Waals surface area (Å²) in [5.41, 5.74) is 10.3. The first-order valence-corrected chi connectivity index (χ1v) is 9.16. The molecule has 1 aromatic heterocycles. The molecule has 1 saturated heterocycles. The molecule has 1 aromatic rings. The second-order valence-electron chi connectivity index (χ2n) is 8.11.